The number of unbranched alkanes of at least 4 members (excludes halogenated alkanes) is 1. The van der Waals surface area contributed by atoms with Gasteiger partial charge in [0.1, 0.15) is 16.9 Å². The Hall–Kier alpha value is -3.31. The second-order valence-electron chi connectivity index (χ2n) is 8.39. The molecule has 1 amide bonds. The van der Waals surface area contributed by atoms with Gasteiger partial charge in [-0.2, -0.15) is 0 Å². The summed E-state index contributed by atoms with van der Waals surface area (Å²) in [6.07, 6.45) is 4.51. The van der Waals surface area contributed by atoms with E-state index in [1.165, 1.54) is 23.7 Å². The molecule has 188 valence electrons. The molecule has 35 heavy (non-hydrogen) atoms. The number of benzene rings is 1. The first-order chi connectivity index (χ1) is 16.5. The fourth-order valence-corrected chi connectivity index (χ4v) is 4.03. The fourth-order valence-electron chi connectivity index (χ4n) is 3.61. The highest BCUT2D eigenvalue weighted by atomic mass is 32.2. The van der Waals surface area contributed by atoms with Crippen LogP contribution in [0.5, 0.6) is 5.75 Å². The first-order valence-electron chi connectivity index (χ1n) is 11.2. The number of aromatic hydroxyl groups is 1. The highest BCUT2D eigenvalue weighted by Gasteiger charge is 2.23. The number of aryl methyl sites for hydroxylation is 1. The smallest absolute Gasteiger partial charge is 0.267 e. The molecule has 2 heterocycles. The number of pyridine rings is 2. The molecule has 3 aromatic rings. The van der Waals surface area contributed by atoms with E-state index in [9.17, 15) is 27.5 Å². The molecule has 0 fully saturated rings. The van der Waals surface area contributed by atoms with Gasteiger partial charge in [0.05, 0.1) is 11.8 Å². The number of hydrogen-bond donors (Lipinski definition) is 2. The highest BCUT2D eigenvalue weighted by molar-refractivity contribution is 7.88. The number of likely N-dealkylation sites (N-methyl/N-ethyl adjacent to an activating group) is 1. The highest BCUT2D eigenvalue weighted by Crippen LogP contribution is 2.26. The monoisotopic (exact) mass is 504 g/mol. The van der Waals surface area contributed by atoms with Crippen molar-refractivity contribution in [1.29, 1.82) is 0 Å². The van der Waals surface area contributed by atoms with Crippen molar-refractivity contribution < 1.29 is 22.7 Å². The summed E-state index contributed by atoms with van der Waals surface area (Å²) in [5.41, 5.74) is 1.03. The summed E-state index contributed by atoms with van der Waals surface area (Å²) in [4.78, 5) is 30.4. The molecule has 9 nitrogen and oxygen atoms in total. The van der Waals surface area contributed by atoms with Crippen LogP contribution in [-0.4, -0.2) is 59.7 Å². The number of nitrogens with zero attached hydrogens (tertiary/aromatic N) is 3. The van der Waals surface area contributed by atoms with Crippen molar-refractivity contribution in [2.75, 3.05) is 26.4 Å². The SMILES string of the molecule is CCCCn1c(=O)c(C(=O)NCCN(C)S(C)(=O)=O)c(O)c2ncc(Cc3ccc(F)cc3)cc21. The van der Waals surface area contributed by atoms with Crippen LogP contribution in [0.1, 0.15) is 41.3 Å². The maximum atomic E-state index is 13.3. The minimum absolute atomic E-state index is 0.00787. The number of aromatic nitrogens is 2. The van der Waals surface area contributed by atoms with Crippen LogP contribution >= 0.6 is 0 Å². The van der Waals surface area contributed by atoms with Crippen molar-refractivity contribution in [1.82, 2.24) is 19.2 Å². The third-order valence-corrected chi connectivity index (χ3v) is 7.01. The van der Waals surface area contributed by atoms with E-state index in [0.29, 0.717) is 24.9 Å². The van der Waals surface area contributed by atoms with E-state index in [2.05, 4.69) is 10.3 Å². The summed E-state index contributed by atoms with van der Waals surface area (Å²) in [5, 5.41) is 13.3. The number of carbonyl (C=O) groups is 1. The Labute approximate surface area is 203 Å². The normalized spacial score (nSPS) is 11.8. The van der Waals surface area contributed by atoms with Gasteiger partial charge < -0.3 is 15.0 Å². The minimum atomic E-state index is -3.42. The topological polar surface area (TPSA) is 122 Å². The Kier molecular flexibility index (Phi) is 8.23. The molecular weight excluding hydrogens is 475 g/mol. The molecule has 0 bridgehead atoms. The van der Waals surface area contributed by atoms with Gasteiger partial charge in [0.2, 0.25) is 10.0 Å². The zero-order valence-corrected chi connectivity index (χ0v) is 20.7. The van der Waals surface area contributed by atoms with E-state index in [-0.39, 0.29) is 24.4 Å². The number of hydrogen-bond acceptors (Lipinski definition) is 6. The minimum Gasteiger partial charge on any atom is -0.505 e. The summed E-state index contributed by atoms with van der Waals surface area (Å²) < 4.78 is 38.8. The number of carbonyl (C=O) groups excluding carboxylic acids is 1. The number of halogens is 1. The second-order valence-corrected chi connectivity index (χ2v) is 10.5. The van der Waals surface area contributed by atoms with Gasteiger partial charge in [0.25, 0.3) is 11.5 Å². The van der Waals surface area contributed by atoms with E-state index in [1.54, 1.807) is 24.4 Å². The van der Waals surface area contributed by atoms with Crippen LogP contribution in [0.3, 0.4) is 0 Å². The van der Waals surface area contributed by atoms with Crippen molar-refractivity contribution in [3.8, 4) is 5.75 Å². The van der Waals surface area contributed by atoms with E-state index >= 15 is 0 Å². The molecule has 3 rings (SSSR count). The van der Waals surface area contributed by atoms with Crippen LogP contribution in [0, 0.1) is 5.82 Å². The van der Waals surface area contributed by atoms with E-state index in [4.69, 9.17) is 0 Å². The zero-order valence-electron chi connectivity index (χ0n) is 19.9. The van der Waals surface area contributed by atoms with Crippen molar-refractivity contribution in [2.24, 2.45) is 0 Å². The molecule has 1 aromatic carbocycles. The molecule has 0 aliphatic carbocycles. The van der Waals surface area contributed by atoms with Gasteiger partial charge in [0, 0.05) is 32.9 Å². The first kappa shape index (κ1) is 26.3. The standard InChI is InChI=1S/C24H29FN4O5S/c1-4-5-11-29-19-14-17(13-16-6-8-18(25)9-7-16)15-27-21(19)22(30)20(24(29)32)23(31)26-10-12-28(2)35(3,33)34/h6-9,14-15,30H,4-5,10-13H2,1-3H3,(H,26,31). The number of amides is 1. The van der Waals surface area contributed by atoms with Crippen molar-refractivity contribution >= 4 is 27.0 Å². The Bertz CT molecular complexity index is 1390. The van der Waals surface area contributed by atoms with Gasteiger partial charge in [-0.25, -0.2) is 17.1 Å². The van der Waals surface area contributed by atoms with Crippen LogP contribution < -0.4 is 10.9 Å². The number of sulfonamides is 1. The predicted octanol–water partition coefficient (Wildman–Crippen LogP) is 2.25. The van der Waals surface area contributed by atoms with Crippen LogP contribution in [-0.2, 0) is 23.0 Å². The molecule has 0 saturated carbocycles. The first-order valence-corrected chi connectivity index (χ1v) is 13.1. The lowest BCUT2D eigenvalue weighted by Crippen LogP contribution is -2.38. The number of fused-ring (bicyclic) bond motifs is 1. The van der Waals surface area contributed by atoms with E-state index < -0.39 is 32.8 Å². The molecule has 0 radical (unpaired) electrons. The summed E-state index contributed by atoms with van der Waals surface area (Å²) >= 11 is 0. The number of nitrogens with one attached hydrogen (secondary N) is 1. The second kappa shape index (κ2) is 11.0. The molecule has 0 aliphatic rings. The Morgan fingerprint density at radius 1 is 1.23 bits per heavy atom. The van der Waals surface area contributed by atoms with Gasteiger partial charge in [-0.05, 0) is 42.2 Å². The number of rotatable bonds is 10. The third kappa shape index (κ3) is 6.23. The summed E-state index contributed by atoms with van der Waals surface area (Å²) in [6.45, 7) is 2.26. The van der Waals surface area contributed by atoms with Gasteiger partial charge in [-0.15, -0.1) is 0 Å². The molecule has 2 N–H and O–H groups in total. The largest absolute Gasteiger partial charge is 0.505 e. The van der Waals surface area contributed by atoms with E-state index in [1.807, 2.05) is 6.92 Å². The van der Waals surface area contributed by atoms with Gasteiger partial charge >= 0.3 is 0 Å². The van der Waals surface area contributed by atoms with Crippen molar-refractivity contribution in [2.45, 2.75) is 32.7 Å². The predicted molar refractivity (Wildman–Crippen MR) is 132 cm³/mol. The van der Waals surface area contributed by atoms with Crippen molar-refractivity contribution in [3.63, 3.8) is 0 Å². The Morgan fingerprint density at radius 2 is 1.91 bits per heavy atom. The van der Waals surface area contributed by atoms with Gasteiger partial charge in [-0.3, -0.25) is 14.6 Å². The van der Waals surface area contributed by atoms with E-state index in [0.717, 1.165) is 28.1 Å². The van der Waals surface area contributed by atoms with Crippen molar-refractivity contribution in [3.05, 3.63) is 69.4 Å². The Morgan fingerprint density at radius 3 is 2.54 bits per heavy atom. The lowest BCUT2D eigenvalue weighted by molar-refractivity contribution is 0.0947. The molecule has 2 aromatic heterocycles. The van der Waals surface area contributed by atoms with Crippen LogP contribution in [0.2, 0.25) is 0 Å². The molecule has 0 spiro atoms. The maximum absolute atomic E-state index is 13.3. The van der Waals surface area contributed by atoms with Gasteiger partial charge in [-0.1, -0.05) is 25.5 Å². The lowest BCUT2D eigenvalue weighted by Gasteiger charge is -2.16. The zero-order chi connectivity index (χ0) is 25.8. The molecule has 0 atom stereocenters. The quantitative estimate of drug-likeness (QED) is 0.437. The maximum Gasteiger partial charge on any atom is 0.267 e. The fraction of sp³-hybridized carbons (Fsp3) is 0.375. The average Bonchev–Trinajstić information content (AvgIpc) is 2.80. The van der Waals surface area contributed by atoms with Crippen LogP contribution in [0.25, 0.3) is 11.0 Å². The average molecular weight is 505 g/mol. The lowest BCUT2D eigenvalue weighted by atomic mass is 10.1. The van der Waals surface area contributed by atoms with Crippen LogP contribution in [0.4, 0.5) is 4.39 Å². The summed E-state index contributed by atoms with van der Waals surface area (Å²) in [5.74, 6) is -1.67. The molecule has 0 unspecified atom stereocenters. The van der Waals surface area contributed by atoms with Gasteiger partial charge in [0.15, 0.2) is 5.75 Å². The summed E-state index contributed by atoms with van der Waals surface area (Å²) in [7, 11) is -2.04. The molecular formula is C24H29FN4O5S. The summed E-state index contributed by atoms with van der Waals surface area (Å²) in [6, 6.07) is 7.80. The van der Waals surface area contributed by atoms with Crippen LogP contribution in [0.15, 0.2) is 41.3 Å². The molecule has 11 heteroatoms. The third-order valence-electron chi connectivity index (χ3n) is 5.70. The molecule has 0 saturated heterocycles. The Balaban J connectivity index is 1.98. The molecule has 0 aliphatic heterocycles.